The van der Waals surface area contributed by atoms with Gasteiger partial charge in [0, 0.05) is 18.2 Å². The predicted molar refractivity (Wildman–Crippen MR) is 160 cm³/mol. The van der Waals surface area contributed by atoms with Crippen LogP contribution in [0, 0.1) is 23.1 Å². The number of halogens is 1. The third-order valence-corrected chi connectivity index (χ3v) is 8.27. The molecule has 6 rings (SSSR count). The number of nitrogens with zero attached hydrogens (tertiary/aromatic N) is 7. The van der Waals surface area contributed by atoms with Crippen molar-refractivity contribution >= 4 is 22.8 Å². The van der Waals surface area contributed by atoms with Gasteiger partial charge in [-0.15, -0.1) is 0 Å². The number of hydrogen-bond donors (Lipinski definition) is 1. The molecule has 0 radical (unpaired) electrons. The van der Waals surface area contributed by atoms with E-state index in [0.717, 1.165) is 38.8 Å². The van der Waals surface area contributed by atoms with E-state index in [9.17, 15) is 10.1 Å². The highest BCUT2D eigenvalue weighted by atomic mass is 19.1. The summed E-state index contributed by atoms with van der Waals surface area (Å²) < 4.78 is 23.0. The van der Waals surface area contributed by atoms with E-state index in [-0.39, 0.29) is 34.8 Å². The summed E-state index contributed by atoms with van der Waals surface area (Å²) in [5, 5.41) is 15.1. The lowest BCUT2D eigenvalue weighted by Gasteiger charge is -2.28. The van der Waals surface area contributed by atoms with Gasteiger partial charge in [-0.25, -0.2) is 19.0 Å². The average Bonchev–Trinajstić information content (AvgIpc) is 3.63. The Morgan fingerprint density at radius 1 is 1.12 bits per heavy atom. The summed E-state index contributed by atoms with van der Waals surface area (Å²) in [5.41, 5.74) is 7.46. The number of anilines is 1. The minimum Gasteiger partial charge on any atom is -0.457 e. The number of carbonyl (C=O) groups excluding carboxylic acids is 1. The molecule has 0 saturated carbocycles. The Kier molecular flexibility index (Phi) is 8.03. The molecule has 4 heterocycles. The molecule has 0 aliphatic carbocycles. The molecule has 10 nitrogen and oxygen atoms in total. The zero-order chi connectivity index (χ0) is 29.9. The lowest BCUT2D eigenvalue weighted by atomic mass is 9.94. The third kappa shape index (κ3) is 5.92. The van der Waals surface area contributed by atoms with Crippen LogP contribution < -0.4 is 10.5 Å². The molecule has 4 aromatic rings. The summed E-state index contributed by atoms with van der Waals surface area (Å²) in [4.78, 5) is 26.1. The van der Waals surface area contributed by atoms with Crippen LogP contribution in [0.2, 0.25) is 0 Å². The van der Waals surface area contributed by atoms with Gasteiger partial charge in [-0.1, -0.05) is 24.3 Å². The number of hydrogen-bond acceptors (Lipinski definition) is 8. The van der Waals surface area contributed by atoms with Gasteiger partial charge in [-0.05, 0) is 76.0 Å². The molecule has 0 bridgehead atoms. The monoisotopic (exact) mass is 580 g/mol. The Balaban J connectivity index is 1.27. The van der Waals surface area contributed by atoms with Crippen molar-refractivity contribution in [2.24, 2.45) is 5.92 Å². The lowest BCUT2D eigenvalue weighted by Crippen LogP contribution is -2.39. The molecule has 2 N–H and O–H groups in total. The fourth-order valence-corrected chi connectivity index (χ4v) is 5.96. The Morgan fingerprint density at radius 3 is 2.65 bits per heavy atom. The number of ether oxygens (including phenoxy) is 1. The van der Waals surface area contributed by atoms with Gasteiger partial charge in [0.25, 0.3) is 5.91 Å². The van der Waals surface area contributed by atoms with Gasteiger partial charge in [0.05, 0.1) is 18.0 Å². The van der Waals surface area contributed by atoms with E-state index in [1.807, 2.05) is 24.3 Å². The molecule has 2 aromatic heterocycles. The van der Waals surface area contributed by atoms with E-state index in [1.54, 1.807) is 33.8 Å². The first kappa shape index (κ1) is 28.3. The predicted octanol–water partition coefficient (Wildman–Crippen LogP) is 4.79. The molecule has 2 fully saturated rings. The molecular formula is C32H33FN8O2. The van der Waals surface area contributed by atoms with E-state index in [2.05, 4.69) is 28.0 Å². The summed E-state index contributed by atoms with van der Waals surface area (Å²) in [6, 6.07) is 15.7. The number of aromatic nitrogens is 4. The zero-order valence-electron chi connectivity index (χ0n) is 24.0. The second kappa shape index (κ2) is 12.2. The van der Waals surface area contributed by atoms with Gasteiger partial charge in [0.2, 0.25) is 0 Å². The highest BCUT2D eigenvalue weighted by Crippen LogP contribution is 2.35. The summed E-state index contributed by atoms with van der Waals surface area (Å²) in [6.45, 7) is 2.77. The quantitative estimate of drug-likeness (QED) is 0.244. The fourth-order valence-electron chi connectivity index (χ4n) is 5.96. The Bertz CT molecular complexity index is 1710. The van der Waals surface area contributed by atoms with E-state index < -0.39 is 5.82 Å². The number of fused-ring (bicyclic) bond motifs is 1. The van der Waals surface area contributed by atoms with Gasteiger partial charge in [0.15, 0.2) is 5.65 Å². The number of rotatable bonds is 7. The Hall–Kier alpha value is -4.82. The third-order valence-electron chi connectivity index (χ3n) is 8.27. The molecule has 2 aromatic carbocycles. The smallest absolute Gasteiger partial charge is 0.264 e. The summed E-state index contributed by atoms with van der Waals surface area (Å²) in [6.07, 6.45) is 6.62. The number of benzene rings is 2. The van der Waals surface area contributed by atoms with Crippen LogP contribution >= 0.6 is 0 Å². The van der Waals surface area contributed by atoms with Crippen LogP contribution in [0.15, 0.2) is 66.5 Å². The van der Waals surface area contributed by atoms with E-state index >= 15 is 4.39 Å². The first-order valence-corrected chi connectivity index (χ1v) is 14.5. The largest absolute Gasteiger partial charge is 0.457 e. The van der Waals surface area contributed by atoms with Crippen molar-refractivity contribution in [2.45, 2.75) is 38.3 Å². The van der Waals surface area contributed by atoms with Crippen molar-refractivity contribution in [1.29, 1.82) is 5.26 Å². The maximum Gasteiger partial charge on any atom is 0.264 e. The van der Waals surface area contributed by atoms with Crippen LogP contribution in [0.4, 0.5) is 10.2 Å². The molecule has 2 aliphatic heterocycles. The molecule has 0 unspecified atom stereocenters. The number of nitriles is 1. The van der Waals surface area contributed by atoms with Crippen molar-refractivity contribution in [3.8, 4) is 28.8 Å². The molecule has 220 valence electrons. The number of carbonyl (C=O) groups is 1. The molecule has 0 spiro atoms. The molecule has 11 heteroatoms. The molecule has 43 heavy (non-hydrogen) atoms. The first-order chi connectivity index (χ1) is 20.9. The van der Waals surface area contributed by atoms with Crippen LogP contribution in [-0.4, -0.2) is 68.2 Å². The Morgan fingerprint density at radius 2 is 1.91 bits per heavy atom. The minimum absolute atomic E-state index is 0.183. The van der Waals surface area contributed by atoms with Crippen molar-refractivity contribution in [3.05, 3.63) is 72.3 Å². The number of nitrogens with two attached hydrogens (primary N) is 1. The summed E-state index contributed by atoms with van der Waals surface area (Å²) in [7, 11) is 2.08. The number of likely N-dealkylation sites (tertiary alicyclic amines) is 2. The van der Waals surface area contributed by atoms with Crippen molar-refractivity contribution in [1.82, 2.24) is 29.5 Å². The maximum absolute atomic E-state index is 15.5. The average molecular weight is 581 g/mol. The van der Waals surface area contributed by atoms with Crippen molar-refractivity contribution < 1.29 is 13.9 Å². The highest BCUT2D eigenvalue weighted by Gasteiger charge is 2.33. The van der Waals surface area contributed by atoms with Crippen molar-refractivity contribution in [2.75, 3.05) is 32.4 Å². The SMILES string of the molecule is CN1CCC(C=C(C#N)C(=O)N2CCC[C@H]2Cn2nc(-c3ccc(Oc4ccccc4)cc3F)c3c(N)ncnc32)CC1. The Labute approximate surface area is 249 Å². The highest BCUT2D eigenvalue weighted by molar-refractivity contribution is 5.99. The lowest BCUT2D eigenvalue weighted by molar-refractivity contribution is -0.127. The normalized spacial score (nSPS) is 18.2. The standard InChI is InChI=1S/C32H33FN8O2/c1-39-14-11-21(12-15-39)16-22(18-34)32(42)40-13-5-6-23(40)19-41-31-28(30(35)36-20-37-31)29(38-41)26-10-9-25(17-27(26)33)43-24-7-3-2-4-8-24/h2-4,7-10,16-17,20-21,23H,5-6,11-15,19H2,1H3,(H2,35,36,37)/t23-/m0/s1. The van der Waals surface area contributed by atoms with Gasteiger partial charge in [0.1, 0.15) is 46.8 Å². The number of amides is 1. The van der Waals surface area contributed by atoms with E-state index in [4.69, 9.17) is 15.6 Å². The summed E-state index contributed by atoms with van der Waals surface area (Å²) in [5.74, 6) is 0.559. The molecule has 2 saturated heterocycles. The second-order valence-electron chi connectivity index (χ2n) is 11.2. The van der Waals surface area contributed by atoms with E-state index in [0.29, 0.717) is 41.3 Å². The molecule has 1 atom stereocenters. The van der Waals surface area contributed by atoms with Gasteiger partial charge in [-0.2, -0.15) is 10.4 Å². The first-order valence-electron chi connectivity index (χ1n) is 14.5. The zero-order valence-corrected chi connectivity index (χ0v) is 24.0. The van der Waals surface area contributed by atoms with Gasteiger partial charge >= 0.3 is 0 Å². The number of allylic oxidation sites excluding steroid dienone is 1. The number of nitrogen functional groups attached to an aromatic ring is 1. The van der Waals surface area contributed by atoms with Crippen LogP contribution in [0.25, 0.3) is 22.3 Å². The second-order valence-corrected chi connectivity index (χ2v) is 11.2. The topological polar surface area (TPSA) is 126 Å². The van der Waals surface area contributed by atoms with Crippen molar-refractivity contribution in [3.63, 3.8) is 0 Å². The number of piperidine rings is 1. The van der Waals surface area contributed by atoms with Gasteiger partial charge < -0.3 is 20.3 Å². The minimum atomic E-state index is -0.529. The number of para-hydroxylation sites is 1. The molecule has 2 aliphatic rings. The molecule has 1 amide bonds. The van der Waals surface area contributed by atoms with Gasteiger partial charge in [-0.3, -0.25) is 4.79 Å². The van der Waals surface area contributed by atoms with E-state index in [1.165, 1.54) is 12.4 Å². The molecular weight excluding hydrogens is 547 g/mol. The maximum atomic E-state index is 15.5. The van der Waals surface area contributed by atoms with Crippen LogP contribution in [-0.2, 0) is 11.3 Å². The van der Waals surface area contributed by atoms with Crippen LogP contribution in [0.3, 0.4) is 0 Å². The van der Waals surface area contributed by atoms with Crippen LogP contribution in [0.5, 0.6) is 11.5 Å². The van der Waals surface area contributed by atoms with Crippen LogP contribution in [0.1, 0.15) is 25.7 Å². The fraction of sp³-hybridized carbons (Fsp3) is 0.344. The summed E-state index contributed by atoms with van der Waals surface area (Å²) >= 11 is 0.